The minimum atomic E-state index is -0.661. The lowest BCUT2D eigenvalue weighted by molar-refractivity contribution is -0.124. The summed E-state index contributed by atoms with van der Waals surface area (Å²) in [4.78, 5) is 10.8. The molecule has 2 N–H and O–H groups in total. The molecule has 0 aromatic heterocycles. The molecule has 0 heterocycles. The van der Waals surface area contributed by atoms with Gasteiger partial charge in [-0.05, 0) is 19.1 Å². The minimum Gasteiger partial charge on any atom is -0.493 e. The van der Waals surface area contributed by atoms with E-state index < -0.39 is 12.0 Å². The van der Waals surface area contributed by atoms with Crippen LogP contribution in [0.15, 0.2) is 24.3 Å². The number of carbonyl (C=O) groups is 1. The highest BCUT2D eigenvalue weighted by Crippen LogP contribution is 2.26. The van der Waals surface area contributed by atoms with Gasteiger partial charge < -0.3 is 15.2 Å². The van der Waals surface area contributed by atoms with Crippen LogP contribution < -0.4 is 15.2 Å². The maximum atomic E-state index is 10.8. The lowest BCUT2D eigenvalue weighted by atomic mass is 10.3. The predicted octanol–water partition coefficient (Wildman–Crippen LogP) is 0.948. The van der Waals surface area contributed by atoms with Crippen LogP contribution in [0.25, 0.3) is 0 Å². The number of rotatable bonds is 4. The van der Waals surface area contributed by atoms with Gasteiger partial charge in [0.05, 0.1) is 7.11 Å². The first-order valence-corrected chi connectivity index (χ1v) is 4.24. The van der Waals surface area contributed by atoms with E-state index in [0.29, 0.717) is 11.5 Å². The van der Waals surface area contributed by atoms with Gasteiger partial charge in [-0.2, -0.15) is 0 Å². The van der Waals surface area contributed by atoms with Crippen molar-refractivity contribution >= 4 is 5.91 Å². The Kier molecular flexibility index (Phi) is 3.34. The molecule has 1 aromatic rings. The lowest BCUT2D eigenvalue weighted by Crippen LogP contribution is -2.30. The molecule has 1 atom stereocenters. The molecule has 0 saturated heterocycles. The number of amides is 1. The summed E-state index contributed by atoms with van der Waals surface area (Å²) in [6.45, 7) is 1.59. The molecule has 14 heavy (non-hydrogen) atoms. The third-order valence-corrected chi connectivity index (χ3v) is 1.77. The van der Waals surface area contributed by atoms with Crippen LogP contribution in [0.3, 0.4) is 0 Å². The summed E-state index contributed by atoms with van der Waals surface area (Å²) in [5, 5.41) is 0. The molecule has 0 aliphatic rings. The van der Waals surface area contributed by atoms with Crippen LogP contribution in [0.1, 0.15) is 6.92 Å². The molecule has 0 spiro atoms. The molecule has 0 aliphatic heterocycles. The van der Waals surface area contributed by atoms with E-state index in [4.69, 9.17) is 15.2 Å². The van der Waals surface area contributed by atoms with E-state index in [1.54, 1.807) is 25.1 Å². The average Bonchev–Trinajstić information content (AvgIpc) is 2.18. The van der Waals surface area contributed by atoms with Gasteiger partial charge in [0.2, 0.25) is 0 Å². The van der Waals surface area contributed by atoms with Crippen molar-refractivity contribution in [1.29, 1.82) is 0 Å². The van der Waals surface area contributed by atoms with E-state index in [1.807, 2.05) is 6.07 Å². The lowest BCUT2D eigenvalue weighted by Gasteiger charge is -2.13. The van der Waals surface area contributed by atoms with Gasteiger partial charge in [0.25, 0.3) is 5.91 Å². The van der Waals surface area contributed by atoms with Crippen LogP contribution in [-0.2, 0) is 4.79 Å². The first kappa shape index (κ1) is 10.4. The van der Waals surface area contributed by atoms with E-state index >= 15 is 0 Å². The van der Waals surface area contributed by atoms with Gasteiger partial charge >= 0.3 is 0 Å². The maximum Gasteiger partial charge on any atom is 0.258 e. The second kappa shape index (κ2) is 4.50. The summed E-state index contributed by atoms with van der Waals surface area (Å²) in [5.74, 6) is 0.595. The standard InChI is InChI=1S/C10H13NO3/c1-7(10(11)12)14-9-6-4-3-5-8(9)13-2/h3-7H,1-2H3,(H2,11,12). The third-order valence-electron chi connectivity index (χ3n) is 1.77. The Hall–Kier alpha value is -1.71. The van der Waals surface area contributed by atoms with Crippen molar-refractivity contribution in [3.8, 4) is 11.5 Å². The van der Waals surface area contributed by atoms with Crippen molar-refractivity contribution in [3.63, 3.8) is 0 Å². The van der Waals surface area contributed by atoms with Gasteiger partial charge in [0, 0.05) is 0 Å². The first-order valence-electron chi connectivity index (χ1n) is 4.24. The van der Waals surface area contributed by atoms with Crippen molar-refractivity contribution in [2.24, 2.45) is 5.73 Å². The molecule has 4 heteroatoms. The van der Waals surface area contributed by atoms with Crippen molar-refractivity contribution in [2.75, 3.05) is 7.11 Å². The first-order chi connectivity index (χ1) is 6.65. The fourth-order valence-electron chi connectivity index (χ4n) is 0.965. The zero-order valence-electron chi connectivity index (χ0n) is 8.19. The second-order valence-corrected chi connectivity index (χ2v) is 2.81. The number of ether oxygens (including phenoxy) is 2. The highest BCUT2D eigenvalue weighted by Gasteiger charge is 2.12. The molecule has 0 fully saturated rings. The number of benzene rings is 1. The predicted molar refractivity (Wildman–Crippen MR) is 52.3 cm³/mol. The summed E-state index contributed by atoms with van der Waals surface area (Å²) < 4.78 is 10.3. The highest BCUT2D eigenvalue weighted by molar-refractivity contribution is 5.78. The van der Waals surface area contributed by atoms with Gasteiger partial charge in [-0.25, -0.2) is 0 Å². The summed E-state index contributed by atoms with van der Waals surface area (Å²) in [5.41, 5.74) is 5.07. The Bertz CT molecular complexity index is 325. The number of carbonyl (C=O) groups excluding carboxylic acids is 1. The van der Waals surface area contributed by atoms with E-state index in [2.05, 4.69) is 0 Å². The SMILES string of the molecule is COc1ccccc1OC(C)C(N)=O. The Balaban J connectivity index is 2.80. The molecule has 1 aromatic carbocycles. The van der Waals surface area contributed by atoms with Crippen molar-refractivity contribution < 1.29 is 14.3 Å². The molecular formula is C10H13NO3. The topological polar surface area (TPSA) is 61.6 Å². The number of methoxy groups -OCH3 is 1. The van der Waals surface area contributed by atoms with Crippen LogP contribution in [-0.4, -0.2) is 19.1 Å². The molecule has 4 nitrogen and oxygen atoms in total. The Labute approximate surface area is 82.6 Å². The second-order valence-electron chi connectivity index (χ2n) is 2.81. The summed E-state index contributed by atoms with van der Waals surface area (Å²) in [7, 11) is 1.54. The normalized spacial score (nSPS) is 11.9. The number of primary amides is 1. The summed E-state index contributed by atoms with van der Waals surface area (Å²) in [6.07, 6.45) is -0.661. The zero-order chi connectivity index (χ0) is 10.6. The number of nitrogens with two attached hydrogens (primary N) is 1. The van der Waals surface area contributed by atoms with Crippen LogP contribution in [0.2, 0.25) is 0 Å². The number of hydrogen-bond acceptors (Lipinski definition) is 3. The monoisotopic (exact) mass is 195 g/mol. The minimum absolute atomic E-state index is 0.504. The molecule has 0 aliphatic carbocycles. The third kappa shape index (κ3) is 2.39. The Morgan fingerprint density at radius 1 is 1.36 bits per heavy atom. The van der Waals surface area contributed by atoms with Crippen LogP contribution in [0, 0.1) is 0 Å². The quantitative estimate of drug-likeness (QED) is 0.778. The number of hydrogen-bond donors (Lipinski definition) is 1. The van der Waals surface area contributed by atoms with E-state index in [0.717, 1.165) is 0 Å². The van der Waals surface area contributed by atoms with Gasteiger partial charge in [-0.3, -0.25) is 4.79 Å². The molecule has 0 saturated carbocycles. The molecule has 1 amide bonds. The van der Waals surface area contributed by atoms with E-state index in [1.165, 1.54) is 7.11 Å². The van der Waals surface area contributed by atoms with Gasteiger partial charge in [0.1, 0.15) is 0 Å². The van der Waals surface area contributed by atoms with Crippen molar-refractivity contribution in [3.05, 3.63) is 24.3 Å². The maximum absolute atomic E-state index is 10.8. The van der Waals surface area contributed by atoms with E-state index in [-0.39, 0.29) is 0 Å². The van der Waals surface area contributed by atoms with Gasteiger partial charge in [0.15, 0.2) is 17.6 Å². The van der Waals surface area contributed by atoms with Crippen LogP contribution >= 0.6 is 0 Å². The smallest absolute Gasteiger partial charge is 0.258 e. The largest absolute Gasteiger partial charge is 0.493 e. The summed E-state index contributed by atoms with van der Waals surface area (Å²) >= 11 is 0. The van der Waals surface area contributed by atoms with E-state index in [9.17, 15) is 4.79 Å². The molecule has 1 rings (SSSR count). The number of para-hydroxylation sites is 2. The molecule has 0 bridgehead atoms. The van der Waals surface area contributed by atoms with Crippen molar-refractivity contribution in [2.45, 2.75) is 13.0 Å². The summed E-state index contributed by atoms with van der Waals surface area (Å²) in [6, 6.07) is 7.09. The van der Waals surface area contributed by atoms with Gasteiger partial charge in [-0.1, -0.05) is 12.1 Å². The fourth-order valence-corrected chi connectivity index (χ4v) is 0.965. The average molecular weight is 195 g/mol. The molecular weight excluding hydrogens is 182 g/mol. The molecule has 76 valence electrons. The Morgan fingerprint density at radius 3 is 2.43 bits per heavy atom. The van der Waals surface area contributed by atoms with Crippen LogP contribution in [0.5, 0.6) is 11.5 Å². The molecule has 0 radical (unpaired) electrons. The highest BCUT2D eigenvalue weighted by atomic mass is 16.5. The molecule has 1 unspecified atom stereocenters. The van der Waals surface area contributed by atoms with Crippen LogP contribution in [0.4, 0.5) is 0 Å². The zero-order valence-corrected chi connectivity index (χ0v) is 8.19. The van der Waals surface area contributed by atoms with Crippen molar-refractivity contribution in [1.82, 2.24) is 0 Å². The Morgan fingerprint density at radius 2 is 1.93 bits per heavy atom. The fraction of sp³-hybridized carbons (Fsp3) is 0.300. The van der Waals surface area contributed by atoms with Gasteiger partial charge in [-0.15, -0.1) is 0 Å².